The van der Waals surface area contributed by atoms with Crippen LogP contribution in [-0.2, 0) is 27.2 Å². The van der Waals surface area contributed by atoms with E-state index in [-0.39, 0.29) is 12.3 Å². The number of rotatable bonds is 12. The second-order valence-electron chi connectivity index (χ2n) is 11.2. The van der Waals surface area contributed by atoms with Gasteiger partial charge in [0.15, 0.2) is 5.96 Å². The van der Waals surface area contributed by atoms with Gasteiger partial charge in [0, 0.05) is 5.92 Å². The summed E-state index contributed by atoms with van der Waals surface area (Å²) in [7, 11) is 0. The molecule has 40 heavy (non-hydrogen) atoms. The van der Waals surface area contributed by atoms with Gasteiger partial charge in [-0.1, -0.05) is 74.5 Å². The van der Waals surface area contributed by atoms with E-state index in [0.717, 1.165) is 11.1 Å². The molecule has 10 nitrogen and oxygen atoms in total. The monoisotopic (exact) mass is 553 g/mol. The van der Waals surface area contributed by atoms with E-state index in [1.165, 1.54) is 0 Å². The van der Waals surface area contributed by atoms with Crippen molar-refractivity contribution in [1.29, 1.82) is 0 Å². The van der Waals surface area contributed by atoms with Crippen molar-refractivity contribution in [2.75, 3.05) is 0 Å². The van der Waals surface area contributed by atoms with Crippen LogP contribution in [0.25, 0.3) is 0 Å². The van der Waals surface area contributed by atoms with Gasteiger partial charge in [-0.2, -0.15) is 4.99 Å². The van der Waals surface area contributed by atoms with Gasteiger partial charge in [-0.05, 0) is 57.1 Å². The number of nitrogens with zero attached hydrogens (tertiary/aromatic N) is 1. The lowest BCUT2D eigenvalue weighted by molar-refractivity contribution is -0.131. The molecule has 0 aliphatic rings. The smallest absolute Gasteiger partial charge is 0.407 e. The summed E-state index contributed by atoms with van der Waals surface area (Å²) >= 11 is 0. The van der Waals surface area contributed by atoms with Gasteiger partial charge in [-0.15, -0.1) is 0 Å². The Hall–Kier alpha value is -3.92. The van der Waals surface area contributed by atoms with E-state index in [2.05, 4.69) is 15.6 Å². The van der Waals surface area contributed by atoms with Crippen LogP contribution in [0.3, 0.4) is 0 Å². The molecule has 2 rings (SSSR count). The van der Waals surface area contributed by atoms with Crippen LogP contribution in [0.2, 0.25) is 0 Å². The summed E-state index contributed by atoms with van der Waals surface area (Å²) < 4.78 is 5.43. The van der Waals surface area contributed by atoms with Crippen molar-refractivity contribution in [3.8, 4) is 0 Å². The Labute approximate surface area is 236 Å². The topological polar surface area (TPSA) is 169 Å². The van der Waals surface area contributed by atoms with Gasteiger partial charge in [-0.25, -0.2) is 4.79 Å². The number of aliphatic imine (C=N–C) groups is 1. The number of amides is 3. The van der Waals surface area contributed by atoms with Crippen molar-refractivity contribution in [3.63, 3.8) is 0 Å². The second kappa shape index (κ2) is 15.0. The van der Waals surface area contributed by atoms with Crippen molar-refractivity contribution in [2.45, 2.75) is 77.7 Å². The third kappa shape index (κ3) is 11.4. The fourth-order valence-electron chi connectivity index (χ4n) is 4.23. The fourth-order valence-corrected chi connectivity index (χ4v) is 4.23. The van der Waals surface area contributed by atoms with Crippen LogP contribution in [-0.4, -0.2) is 52.8 Å². The lowest BCUT2D eigenvalue weighted by atomic mass is 9.88. The number of aliphatic hydroxyl groups excluding tert-OH is 1. The Kier molecular flexibility index (Phi) is 12.1. The molecule has 218 valence electrons. The SMILES string of the molecule is CC(C)[C@@H](NC(=O)C(Cc1ccccc1)C[C@H](O)[C@H](Cc1ccccc1)NC(=O)OC(C)(C)C)C(=O)N=C(N)N. The maximum atomic E-state index is 13.6. The van der Waals surface area contributed by atoms with Gasteiger partial charge in [0.2, 0.25) is 5.91 Å². The highest BCUT2D eigenvalue weighted by atomic mass is 16.6. The third-order valence-corrected chi connectivity index (χ3v) is 6.16. The molecule has 0 saturated heterocycles. The highest BCUT2D eigenvalue weighted by Crippen LogP contribution is 2.20. The van der Waals surface area contributed by atoms with E-state index in [1.807, 2.05) is 60.7 Å². The van der Waals surface area contributed by atoms with Crippen LogP contribution in [0.15, 0.2) is 65.7 Å². The number of guanidine groups is 1. The lowest BCUT2D eigenvalue weighted by Gasteiger charge is -2.30. The van der Waals surface area contributed by atoms with Crippen LogP contribution in [0.5, 0.6) is 0 Å². The van der Waals surface area contributed by atoms with Gasteiger partial charge >= 0.3 is 6.09 Å². The average molecular weight is 554 g/mol. The number of benzene rings is 2. The highest BCUT2D eigenvalue weighted by molar-refractivity contribution is 5.96. The first-order valence-electron chi connectivity index (χ1n) is 13.4. The first-order valence-corrected chi connectivity index (χ1v) is 13.4. The molecule has 0 heterocycles. The molecule has 2 aromatic rings. The molecule has 1 unspecified atom stereocenters. The number of hydrogen-bond donors (Lipinski definition) is 5. The van der Waals surface area contributed by atoms with Crippen LogP contribution in [0.1, 0.15) is 52.2 Å². The molecule has 3 amide bonds. The summed E-state index contributed by atoms with van der Waals surface area (Å²) in [6.45, 7) is 8.80. The van der Waals surface area contributed by atoms with E-state index >= 15 is 0 Å². The molecule has 0 aliphatic carbocycles. The van der Waals surface area contributed by atoms with Gasteiger partial charge in [0.1, 0.15) is 11.6 Å². The van der Waals surface area contributed by atoms with Crippen LogP contribution < -0.4 is 22.1 Å². The summed E-state index contributed by atoms with van der Waals surface area (Å²) in [5.41, 5.74) is 11.8. The molecule has 0 bridgehead atoms. The van der Waals surface area contributed by atoms with Gasteiger partial charge < -0.3 is 31.9 Å². The summed E-state index contributed by atoms with van der Waals surface area (Å²) in [6.07, 6.45) is -1.15. The van der Waals surface area contributed by atoms with E-state index < -0.39 is 53.6 Å². The minimum atomic E-state index is -1.11. The first kappa shape index (κ1) is 32.3. The number of ether oxygens (including phenoxy) is 1. The molecule has 0 aromatic heterocycles. The van der Waals surface area contributed by atoms with E-state index in [0.29, 0.717) is 12.8 Å². The standard InChI is InChI=1S/C30H43N5O5/c1-19(2)25(27(38)35-28(31)32)34-26(37)22(16-20-12-8-6-9-13-20)18-24(36)23(17-21-14-10-7-11-15-21)33-29(39)40-30(3,4)5/h6-15,19,22-25,36H,16-18H2,1-5H3,(H,33,39)(H,34,37)(H4,31,32,35,38)/t22?,23-,24-,25+/m0/s1. The van der Waals surface area contributed by atoms with Crippen molar-refractivity contribution >= 4 is 23.9 Å². The molecular weight excluding hydrogens is 510 g/mol. The molecule has 7 N–H and O–H groups in total. The lowest BCUT2D eigenvalue weighted by Crippen LogP contribution is -2.50. The zero-order chi connectivity index (χ0) is 29.9. The minimum absolute atomic E-state index is 0.00925. The molecule has 0 saturated carbocycles. The Morgan fingerprint density at radius 2 is 1.43 bits per heavy atom. The van der Waals surface area contributed by atoms with Crippen molar-refractivity contribution in [3.05, 3.63) is 71.8 Å². The predicted molar refractivity (Wildman–Crippen MR) is 155 cm³/mol. The number of aliphatic hydroxyl groups is 1. The van der Waals surface area contributed by atoms with Crippen LogP contribution in [0.4, 0.5) is 4.79 Å². The first-order chi connectivity index (χ1) is 18.7. The number of nitrogens with one attached hydrogen (secondary N) is 2. The summed E-state index contributed by atoms with van der Waals surface area (Å²) in [6, 6.07) is 17.1. The zero-order valence-corrected chi connectivity index (χ0v) is 24.0. The number of carbonyl (C=O) groups is 3. The maximum absolute atomic E-state index is 13.6. The second-order valence-corrected chi connectivity index (χ2v) is 11.2. The number of carbonyl (C=O) groups excluding carboxylic acids is 3. The normalized spacial score (nSPS) is 14.4. The summed E-state index contributed by atoms with van der Waals surface area (Å²) in [5, 5.41) is 17.0. The maximum Gasteiger partial charge on any atom is 0.407 e. The van der Waals surface area contributed by atoms with E-state index in [9.17, 15) is 19.5 Å². The third-order valence-electron chi connectivity index (χ3n) is 6.16. The van der Waals surface area contributed by atoms with Gasteiger partial charge in [-0.3, -0.25) is 9.59 Å². The molecule has 0 radical (unpaired) electrons. The Morgan fingerprint density at radius 1 is 0.900 bits per heavy atom. The molecular formula is C30H43N5O5. The van der Waals surface area contributed by atoms with Crippen molar-refractivity contribution in [2.24, 2.45) is 28.3 Å². The van der Waals surface area contributed by atoms with Gasteiger partial charge in [0.25, 0.3) is 5.91 Å². The minimum Gasteiger partial charge on any atom is -0.444 e. The Bertz CT molecular complexity index is 1130. The number of hydrogen-bond acceptors (Lipinski definition) is 5. The van der Waals surface area contributed by atoms with Crippen molar-refractivity contribution in [1.82, 2.24) is 10.6 Å². The molecule has 4 atom stereocenters. The van der Waals surface area contributed by atoms with Crippen LogP contribution >= 0.6 is 0 Å². The molecule has 0 aliphatic heterocycles. The van der Waals surface area contributed by atoms with E-state index in [1.54, 1.807) is 34.6 Å². The predicted octanol–water partition coefficient (Wildman–Crippen LogP) is 2.67. The molecule has 2 aromatic carbocycles. The zero-order valence-electron chi connectivity index (χ0n) is 24.0. The molecule has 0 fully saturated rings. The van der Waals surface area contributed by atoms with Crippen LogP contribution in [0, 0.1) is 11.8 Å². The fraction of sp³-hybridized carbons (Fsp3) is 0.467. The Morgan fingerprint density at radius 3 is 1.90 bits per heavy atom. The largest absolute Gasteiger partial charge is 0.444 e. The summed E-state index contributed by atoms with van der Waals surface area (Å²) in [4.78, 5) is 42.5. The summed E-state index contributed by atoms with van der Waals surface area (Å²) in [5.74, 6) is -2.50. The highest BCUT2D eigenvalue weighted by Gasteiger charge is 2.32. The van der Waals surface area contributed by atoms with E-state index in [4.69, 9.17) is 16.2 Å². The van der Waals surface area contributed by atoms with Crippen molar-refractivity contribution < 1.29 is 24.2 Å². The quantitative estimate of drug-likeness (QED) is 0.199. The number of nitrogens with two attached hydrogens (primary N) is 2. The Balaban J connectivity index is 2.33. The number of alkyl carbamates (subject to hydrolysis) is 1. The molecule has 0 spiro atoms. The average Bonchev–Trinajstić information content (AvgIpc) is 2.85. The van der Waals surface area contributed by atoms with Gasteiger partial charge in [0.05, 0.1) is 12.1 Å². The molecule has 10 heteroatoms.